The van der Waals surface area contributed by atoms with Crippen molar-refractivity contribution in [1.82, 2.24) is 0 Å². The summed E-state index contributed by atoms with van der Waals surface area (Å²) in [5.41, 5.74) is 0. The molecular weight excluding hydrogens is 214 g/mol. The first kappa shape index (κ1) is 8.20. The zero-order valence-corrected chi connectivity index (χ0v) is 7.96. The second kappa shape index (κ2) is 3.48. The van der Waals surface area contributed by atoms with Gasteiger partial charge in [0.05, 0.1) is 0 Å². The van der Waals surface area contributed by atoms with E-state index in [1.807, 2.05) is 6.07 Å². The van der Waals surface area contributed by atoms with Crippen molar-refractivity contribution in [3.8, 4) is 0 Å². The highest BCUT2D eigenvalue weighted by Gasteiger charge is 2.00. The van der Waals surface area contributed by atoms with E-state index in [1.165, 1.54) is 4.88 Å². The molecule has 0 saturated heterocycles. The average Bonchev–Trinajstić information content (AvgIpc) is 2.14. The van der Waals surface area contributed by atoms with E-state index in [4.69, 9.17) is 5.90 Å². The maximum absolute atomic E-state index is 4.91. The summed E-state index contributed by atoms with van der Waals surface area (Å²) in [5, 5.41) is 0. The fourth-order valence-corrected chi connectivity index (χ4v) is 2.20. The standard InChI is InChI=1S/C6H8BrNOS/c1-4-6(7)2-5(10-4)3-9-8/h2H,3,8H2,1H3. The third-order valence-electron chi connectivity index (χ3n) is 1.13. The lowest BCUT2D eigenvalue weighted by molar-refractivity contribution is 0.126. The van der Waals surface area contributed by atoms with E-state index in [0.717, 1.165) is 9.35 Å². The predicted octanol–water partition coefficient (Wildman–Crippen LogP) is 2.21. The van der Waals surface area contributed by atoms with Crippen molar-refractivity contribution in [2.24, 2.45) is 5.90 Å². The minimum absolute atomic E-state index is 0.497. The minimum Gasteiger partial charge on any atom is -0.299 e. The van der Waals surface area contributed by atoms with Gasteiger partial charge >= 0.3 is 0 Å². The van der Waals surface area contributed by atoms with E-state index in [1.54, 1.807) is 11.3 Å². The van der Waals surface area contributed by atoms with Gasteiger partial charge in [0.1, 0.15) is 6.61 Å². The van der Waals surface area contributed by atoms with Crippen molar-refractivity contribution in [1.29, 1.82) is 0 Å². The number of halogens is 1. The fourth-order valence-electron chi connectivity index (χ4n) is 0.671. The van der Waals surface area contributed by atoms with Gasteiger partial charge in [0, 0.05) is 14.2 Å². The average molecular weight is 222 g/mol. The van der Waals surface area contributed by atoms with E-state index in [9.17, 15) is 0 Å². The van der Waals surface area contributed by atoms with Crippen LogP contribution in [0.1, 0.15) is 9.75 Å². The van der Waals surface area contributed by atoms with Gasteiger partial charge in [-0.25, -0.2) is 5.90 Å². The van der Waals surface area contributed by atoms with Gasteiger partial charge in [0.15, 0.2) is 0 Å². The zero-order valence-electron chi connectivity index (χ0n) is 5.56. The second-order valence-electron chi connectivity index (χ2n) is 1.93. The molecule has 1 aromatic heterocycles. The van der Waals surface area contributed by atoms with E-state index in [-0.39, 0.29) is 0 Å². The second-order valence-corrected chi connectivity index (χ2v) is 4.12. The van der Waals surface area contributed by atoms with Gasteiger partial charge < -0.3 is 0 Å². The van der Waals surface area contributed by atoms with E-state index < -0.39 is 0 Å². The van der Waals surface area contributed by atoms with Crippen LogP contribution >= 0.6 is 27.3 Å². The van der Waals surface area contributed by atoms with Crippen LogP contribution in [0, 0.1) is 6.92 Å². The van der Waals surface area contributed by atoms with Crippen LogP contribution in [0.5, 0.6) is 0 Å². The van der Waals surface area contributed by atoms with Crippen LogP contribution in [0.2, 0.25) is 0 Å². The van der Waals surface area contributed by atoms with Crippen LogP contribution in [0.3, 0.4) is 0 Å². The molecule has 0 radical (unpaired) electrons. The molecule has 4 heteroatoms. The highest BCUT2D eigenvalue weighted by molar-refractivity contribution is 9.10. The molecule has 10 heavy (non-hydrogen) atoms. The van der Waals surface area contributed by atoms with E-state index in [0.29, 0.717) is 6.61 Å². The molecule has 1 rings (SSSR count). The Morgan fingerprint density at radius 1 is 1.80 bits per heavy atom. The molecule has 0 unspecified atom stereocenters. The molecule has 0 atom stereocenters. The topological polar surface area (TPSA) is 35.2 Å². The Morgan fingerprint density at radius 3 is 2.90 bits per heavy atom. The quantitative estimate of drug-likeness (QED) is 0.778. The fraction of sp³-hybridized carbons (Fsp3) is 0.333. The lowest BCUT2D eigenvalue weighted by Gasteiger charge is -1.89. The van der Waals surface area contributed by atoms with Gasteiger partial charge in [-0.2, -0.15) is 0 Å². The Balaban J connectivity index is 2.77. The summed E-state index contributed by atoms with van der Waals surface area (Å²) in [7, 11) is 0. The summed E-state index contributed by atoms with van der Waals surface area (Å²) < 4.78 is 1.13. The van der Waals surface area contributed by atoms with Crippen LogP contribution in [-0.2, 0) is 11.4 Å². The van der Waals surface area contributed by atoms with Crippen LogP contribution in [0.15, 0.2) is 10.5 Å². The first-order valence-corrected chi connectivity index (χ1v) is 4.41. The third-order valence-corrected chi connectivity index (χ3v) is 3.24. The summed E-state index contributed by atoms with van der Waals surface area (Å²) in [6.45, 7) is 2.55. The molecular formula is C6H8BrNOS. The molecule has 2 nitrogen and oxygen atoms in total. The van der Waals surface area contributed by atoms with Crippen LogP contribution in [0.25, 0.3) is 0 Å². The smallest absolute Gasteiger partial charge is 0.102 e. The molecule has 0 bridgehead atoms. The number of rotatable bonds is 2. The molecule has 0 aliphatic heterocycles. The normalized spacial score (nSPS) is 10.3. The number of nitrogens with two attached hydrogens (primary N) is 1. The Labute approximate surface area is 72.1 Å². The van der Waals surface area contributed by atoms with Crippen molar-refractivity contribution in [2.75, 3.05) is 0 Å². The molecule has 0 aromatic carbocycles. The molecule has 56 valence electrons. The lowest BCUT2D eigenvalue weighted by Crippen LogP contribution is -1.96. The molecule has 0 fully saturated rings. The number of hydrogen-bond acceptors (Lipinski definition) is 3. The zero-order chi connectivity index (χ0) is 7.56. The van der Waals surface area contributed by atoms with Crippen molar-refractivity contribution in [3.63, 3.8) is 0 Å². The van der Waals surface area contributed by atoms with Crippen molar-refractivity contribution in [2.45, 2.75) is 13.5 Å². The highest BCUT2D eigenvalue weighted by atomic mass is 79.9. The molecule has 0 saturated carbocycles. The maximum Gasteiger partial charge on any atom is 0.102 e. The van der Waals surface area contributed by atoms with Crippen LogP contribution in [-0.4, -0.2) is 0 Å². The van der Waals surface area contributed by atoms with Gasteiger partial charge in [-0.1, -0.05) is 0 Å². The Hall–Kier alpha value is 0.100. The highest BCUT2D eigenvalue weighted by Crippen LogP contribution is 2.26. The molecule has 1 aromatic rings. The minimum atomic E-state index is 0.497. The first-order chi connectivity index (χ1) is 4.74. The summed E-state index contributed by atoms with van der Waals surface area (Å²) in [6, 6.07) is 2.02. The number of thiophene rings is 1. The van der Waals surface area contributed by atoms with Crippen molar-refractivity contribution < 1.29 is 4.84 Å². The third kappa shape index (κ3) is 1.79. The van der Waals surface area contributed by atoms with Crippen molar-refractivity contribution in [3.05, 3.63) is 20.3 Å². The number of hydrogen-bond donors (Lipinski definition) is 1. The summed E-state index contributed by atoms with van der Waals surface area (Å²) in [4.78, 5) is 6.89. The van der Waals surface area contributed by atoms with Gasteiger partial charge in [-0.3, -0.25) is 4.84 Å². The molecule has 0 aliphatic carbocycles. The summed E-state index contributed by atoms with van der Waals surface area (Å²) in [5.74, 6) is 4.91. The monoisotopic (exact) mass is 221 g/mol. The molecule has 0 amide bonds. The Morgan fingerprint density at radius 2 is 2.50 bits per heavy atom. The van der Waals surface area contributed by atoms with Crippen LogP contribution in [0.4, 0.5) is 0 Å². The lowest BCUT2D eigenvalue weighted by atomic mass is 10.4. The Kier molecular flexibility index (Phi) is 2.85. The molecule has 2 N–H and O–H groups in total. The first-order valence-electron chi connectivity index (χ1n) is 2.80. The van der Waals surface area contributed by atoms with Crippen molar-refractivity contribution >= 4 is 27.3 Å². The molecule has 1 heterocycles. The Bertz CT molecular complexity index is 204. The summed E-state index contributed by atoms with van der Waals surface area (Å²) >= 11 is 5.09. The number of aryl methyl sites for hydroxylation is 1. The summed E-state index contributed by atoms with van der Waals surface area (Å²) in [6.07, 6.45) is 0. The predicted molar refractivity (Wildman–Crippen MR) is 45.7 cm³/mol. The molecule has 0 aliphatic rings. The SMILES string of the molecule is Cc1sc(CON)cc1Br. The largest absolute Gasteiger partial charge is 0.299 e. The van der Waals surface area contributed by atoms with Gasteiger partial charge in [-0.15, -0.1) is 11.3 Å². The maximum atomic E-state index is 4.91. The van der Waals surface area contributed by atoms with Gasteiger partial charge in [-0.05, 0) is 28.9 Å². The van der Waals surface area contributed by atoms with E-state index in [2.05, 4.69) is 27.7 Å². The van der Waals surface area contributed by atoms with Gasteiger partial charge in [0.2, 0.25) is 0 Å². The van der Waals surface area contributed by atoms with Crippen LogP contribution < -0.4 is 5.90 Å². The van der Waals surface area contributed by atoms with Gasteiger partial charge in [0.25, 0.3) is 0 Å². The molecule has 0 spiro atoms. The van der Waals surface area contributed by atoms with E-state index >= 15 is 0 Å².